The van der Waals surface area contributed by atoms with E-state index in [4.69, 9.17) is 14.6 Å². The molecule has 3 aromatic rings. The van der Waals surface area contributed by atoms with Crippen molar-refractivity contribution in [3.05, 3.63) is 48.0 Å². The Hall–Kier alpha value is -3.05. The quantitative estimate of drug-likeness (QED) is 0.455. The maximum Gasteiger partial charge on any atom is 0.341 e. The average molecular weight is 391 g/mol. The van der Waals surface area contributed by atoms with E-state index in [2.05, 4.69) is 15.1 Å². The van der Waals surface area contributed by atoms with Gasteiger partial charge in [0.25, 0.3) is 5.78 Å². The number of aromatic nitrogens is 4. The second kappa shape index (κ2) is 7.68. The number of rotatable bonds is 7. The van der Waals surface area contributed by atoms with Gasteiger partial charge in [0, 0.05) is 6.20 Å². The molecule has 0 aliphatic rings. The van der Waals surface area contributed by atoms with Crippen molar-refractivity contribution in [2.45, 2.75) is 18.2 Å². The molecule has 0 atom stereocenters. The smallest absolute Gasteiger partial charge is 0.341 e. The molecule has 1 aromatic carbocycles. The molecular weight excluding hydrogens is 374 g/mol. The van der Waals surface area contributed by atoms with Gasteiger partial charge >= 0.3 is 5.97 Å². The van der Waals surface area contributed by atoms with Crippen LogP contribution in [0.25, 0.3) is 5.78 Å². The fourth-order valence-electron chi connectivity index (χ4n) is 2.43. The summed E-state index contributed by atoms with van der Waals surface area (Å²) in [5.41, 5.74) is 0.968. The summed E-state index contributed by atoms with van der Waals surface area (Å²) in [6, 6.07) is 5.62. The normalized spacial score (nSPS) is 11.5. The Bertz CT molecular complexity index is 1060. The number of hydrogen-bond acceptors (Lipinski definition) is 8. The molecule has 0 unspecified atom stereocenters. The summed E-state index contributed by atoms with van der Waals surface area (Å²) in [6.07, 6.45) is 3.34. The predicted octanol–water partition coefficient (Wildman–Crippen LogP) is 0.570. The highest BCUT2D eigenvalue weighted by Gasteiger charge is 2.17. The predicted molar refractivity (Wildman–Crippen MR) is 93.8 cm³/mol. The molecule has 2 N–H and O–H groups in total. The van der Waals surface area contributed by atoms with Gasteiger partial charge in [-0.3, -0.25) is 0 Å². The van der Waals surface area contributed by atoms with Crippen LogP contribution in [-0.2, 0) is 21.2 Å². The van der Waals surface area contributed by atoms with Crippen molar-refractivity contribution in [3.8, 4) is 5.75 Å². The Morgan fingerprint density at radius 2 is 1.93 bits per heavy atom. The molecule has 10 nitrogen and oxygen atoms in total. The van der Waals surface area contributed by atoms with E-state index in [-0.39, 0.29) is 18.1 Å². The lowest BCUT2D eigenvalue weighted by molar-refractivity contribution is 0.0447. The maximum atomic E-state index is 12.3. The molecule has 0 spiro atoms. The number of sulfonamides is 1. The lowest BCUT2D eigenvalue weighted by atomic mass is 10.2. The molecule has 0 radical (unpaired) electrons. The average Bonchev–Trinajstić information content (AvgIpc) is 3.12. The Kier molecular flexibility index (Phi) is 5.33. The van der Waals surface area contributed by atoms with Crippen molar-refractivity contribution in [1.82, 2.24) is 19.6 Å². The van der Waals surface area contributed by atoms with Crippen molar-refractivity contribution < 1.29 is 22.7 Å². The minimum absolute atomic E-state index is 0.00825. The molecule has 142 valence electrons. The number of primary sulfonamides is 1. The van der Waals surface area contributed by atoms with Crippen molar-refractivity contribution in [3.63, 3.8) is 0 Å². The molecule has 0 fully saturated rings. The van der Waals surface area contributed by atoms with E-state index in [1.807, 2.05) is 6.92 Å². The number of aryl methyl sites for hydroxylation is 1. The zero-order valence-electron chi connectivity index (χ0n) is 14.4. The van der Waals surface area contributed by atoms with E-state index in [0.29, 0.717) is 29.2 Å². The van der Waals surface area contributed by atoms with Crippen LogP contribution >= 0.6 is 0 Å². The van der Waals surface area contributed by atoms with Gasteiger partial charge in [-0.2, -0.15) is 10.1 Å². The van der Waals surface area contributed by atoms with Gasteiger partial charge in [-0.15, -0.1) is 0 Å². The summed E-state index contributed by atoms with van der Waals surface area (Å²) in [4.78, 5) is 20.3. The molecule has 0 aliphatic heterocycles. The van der Waals surface area contributed by atoms with Gasteiger partial charge in [-0.25, -0.2) is 27.9 Å². The van der Waals surface area contributed by atoms with E-state index < -0.39 is 16.0 Å². The number of nitrogens with zero attached hydrogens (tertiary/aromatic N) is 4. The van der Waals surface area contributed by atoms with Crippen LogP contribution in [0.3, 0.4) is 0 Å². The number of hydrogen-bond donors (Lipinski definition) is 1. The van der Waals surface area contributed by atoms with Gasteiger partial charge in [0.1, 0.15) is 25.3 Å². The Labute approximate surface area is 155 Å². The molecule has 0 amide bonds. The molecule has 0 saturated heterocycles. The van der Waals surface area contributed by atoms with Crippen molar-refractivity contribution in [2.24, 2.45) is 5.14 Å². The molecule has 11 heteroatoms. The first-order valence-electron chi connectivity index (χ1n) is 8.00. The first-order valence-corrected chi connectivity index (χ1v) is 9.55. The maximum absolute atomic E-state index is 12.3. The van der Waals surface area contributed by atoms with E-state index >= 15 is 0 Å². The molecule has 0 saturated carbocycles. The van der Waals surface area contributed by atoms with Crippen LogP contribution in [-0.4, -0.2) is 47.2 Å². The minimum Gasteiger partial charge on any atom is -0.490 e. The summed E-state index contributed by atoms with van der Waals surface area (Å²) in [6.45, 7) is 2.00. The fraction of sp³-hybridized carbons (Fsp3) is 0.250. The van der Waals surface area contributed by atoms with Crippen LogP contribution in [0.2, 0.25) is 0 Å². The molecule has 2 aromatic heterocycles. The zero-order valence-corrected chi connectivity index (χ0v) is 15.2. The van der Waals surface area contributed by atoms with Crippen molar-refractivity contribution >= 4 is 21.8 Å². The van der Waals surface area contributed by atoms with E-state index in [0.717, 1.165) is 0 Å². The lowest BCUT2D eigenvalue weighted by Gasteiger charge is -2.10. The highest BCUT2D eigenvalue weighted by molar-refractivity contribution is 7.89. The molecule has 27 heavy (non-hydrogen) atoms. The summed E-state index contributed by atoms with van der Waals surface area (Å²) in [5, 5.41) is 9.08. The van der Waals surface area contributed by atoms with Crippen molar-refractivity contribution in [1.29, 1.82) is 0 Å². The molecule has 3 rings (SSSR count). The Balaban J connectivity index is 1.57. The van der Waals surface area contributed by atoms with Gasteiger partial charge in [0.05, 0.1) is 16.2 Å². The van der Waals surface area contributed by atoms with Gasteiger partial charge in [-0.1, -0.05) is 6.92 Å². The largest absolute Gasteiger partial charge is 0.490 e. The van der Waals surface area contributed by atoms with Gasteiger partial charge in [0.2, 0.25) is 10.0 Å². The Morgan fingerprint density at radius 1 is 1.19 bits per heavy atom. The third-order valence-electron chi connectivity index (χ3n) is 3.70. The van der Waals surface area contributed by atoms with E-state index in [1.54, 1.807) is 0 Å². The van der Waals surface area contributed by atoms with Gasteiger partial charge < -0.3 is 9.47 Å². The van der Waals surface area contributed by atoms with Crippen molar-refractivity contribution in [2.75, 3.05) is 13.2 Å². The van der Waals surface area contributed by atoms with Crippen LogP contribution in [0.1, 0.15) is 23.0 Å². The van der Waals surface area contributed by atoms with Crippen LogP contribution in [0.4, 0.5) is 0 Å². The van der Waals surface area contributed by atoms with Crippen LogP contribution in [0, 0.1) is 0 Å². The topological polar surface area (TPSA) is 139 Å². The van der Waals surface area contributed by atoms with E-state index in [9.17, 15) is 13.2 Å². The summed E-state index contributed by atoms with van der Waals surface area (Å²) in [7, 11) is -3.75. The zero-order chi connectivity index (χ0) is 19.4. The minimum atomic E-state index is -3.75. The number of benzene rings is 1. The number of fused-ring (bicyclic) bond motifs is 1. The second-order valence-corrected chi connectivity index (χ2v) is 7.01. The number of esters is 1. The number of carbonyl (C=O) groups is 1. The number of ether oxygens (including phenoxy) is 2. The molecule has 0 aliphatic carbocycles. The highest BCUT2D eigenvalue weighted by Crippen LogP contribution is 2.15. The summed E-state index contributed by atoms with van der Waals surface area (Å²) >= 11 is 0. The molecule has 0 bridgehead atoms. The summed E-state index contributed by atoms with van der Waals surface area (Å²) < 4.78 is 34.5. The highest BCUT2D eigenvalue weighted by atomic mass is 32.2. The molecule has 2 heterocycles. The first-order chi connectivity index (χ1) is 12.9. The molecular formula is C16H17N5O5S. The summed E-state index contributed by atoms with van der Waals surface area (Å²) in [5.74, 6) is 0.304. The van der Waals surface area contributed by atoms with Gasteiger partial charge in [-0.05, 0) is 30.7 Å². The monoisotopic (exact) mass is 391 g/mol. The lowest BCUT2D eigenvalue weighted by Crippen LogP contribution is -2.16. The van der Waals surface area contributed by atoms with Crippen LogP contribution < -0.4 is 9.88 Å². The number of nitrogens with two attached hydrogens (primary N) is 1. The second-order valence-electron chi connectivity index (χ2n) is 5.44. The standard InChI is InChI=1S/C16H17N5O5S/c1-2-14-13(9-18-16-19-10-20-21(14)16)15(22)26-8-7-25-11-3-5-12(6-4-11)27(17,23)24/h3-6,9-10H,2,7-8H2,1H3,(H2,17,23,24). The third-order valence-corrected chi connectivity index (χ3v) is 4.63. The fourth-order valence-corrected chi connectivity index (χ4v) is 2.95. The van der Waals surface area contributed by atoms with Gasteiger partial charge in [0.15, 0.2) is 0 Å². The SMILES string of the molecule is CCc1c(C(=O)OCCOc2ccc(S(N)(=O)=O)cc2)cnc2ncnn12. The van der Waals surface area contributed by atoms with E-state index in [1.165, 1.54) is 41.3 Å². The van der Waals surface area contributed by atoms with Crippen LogP contribution in [0.15, 0.2) is 41.7 Å². The number of carbonyl (C=O) groups excluding carboxylic acids is 1. The third kappa shape index (κ3) is 4.20. The Morgan fingerprint density at radius 3 is 2.59 bits per heavy atom. The first kappa shape index (κ1) is 18.7. The van der Waals surface area contributed by atoms with Crippen LogP contribution in [0.5, 0.6) is 5.75 Å².